The van der Waals surface area contributed by atoms with Gasteiger partial charge in [0.05, 0.1) is 5.41 Å². The van der Waals surface area contributed by atoms with Crippen molar-refractivity contribution in [1.82, 2.24) is 0 Å². The molecule has 4 heteroatoms. The third-order valence-electron chi connectivity index (χ3n) is 1.21. The van der Waals surface area contributed by atoms with E-state index in [0.29, 0.717) is 11.5 Å². The Morgan fingerprint density at radius 1 is 1.56 bits per heavy atom. The van der Waals surface area contributed by atoms with Crippen LogP contribution in [0.4, 0.5) is 0 Å². The van der Waals surface area contributed by atoms with Crippen LogP contribution in [0.15, 0.2) is 0 Å². The molecule has 0 fully saturated rings. The SMILES string of the molecule is CC(CS)(CS)C(=O)O. The van der Waals surface area contributed by atoms with E-state index in [2.05, 4.69) is 25.3 Å². The quantitative estimate of drug-likeness (QED) is 0.546. The van der Waals surface area contributed by atoms with Crippen LogP contribution in [0.2, 0.25) is 0 Å². The van der Waals surface area contributed by atoms with Crippen LogP contribution in [0.25, 0.3) is 0 Å². The molecule has 0 aliphatic rings. The molecule has 9 heavy (non-hydrogen) atoms. The summed E-state index contributed by atoms with van der Waals surface area (Å²) >= 11 is 7.78. The highest BCUT2D eigenvalue weighted by Crippen LogP contribution is 2.19. The second-order valence-electron chi connectivity index (χ2n) is 2.18. The normalized spacial score (nSPS) is 11.4. The lowest BCUT2D eigenvalue weighted by Gasteiger charge is -2.18. The van der Waals surface area contributed by atoms with Crippen molar-refractivity contribution in [3.05, 3.63) is 0 Å². The van der Waals surface area contributed by atoms with Crippen LogP contribution in [0.3, 0.4) is 0 Å². The summed E-state index contributed by atoms with van der Waals surface area (Å²) in [5, 5.41) is 8.53. The summed E-state index contributed by atoms with van der Waals surface area (Å²) in [7, 11) is 0. The van der Waals surface area contributed by atoms with Crippen LogP contribution in [0.5, 0.6) is 0 Å². The molecule has 0 aliphatic carbocycles. The first-order valence-electron chi connectivity index (χ1n) is 2.52. The minimum absolute atomic E-state index is 0.325. The van der Waals surface area contributed by atoms with Gasteiger partial charge in [0.25, 0.3) is 0 Å². The van der Waals surface area contributed by atoms with Gasteiger partial charge in [-0.25, -0.2) is 0 Å². The average molecular weight is 166 g/mol. The van der Waals surface area contributed by atoms with Crippen LogP contribution in [-0.4, -0.2) is 22.6 Å². The molecule has 0 rings (SSSR count). The highest BCUT2D eigenvalue weighted by atomic mass is 32.1. The third kappa shape index (κ3) is 2.10. The van der Waals surface area contributed by atoms with Gasteiger partial charge in [0.1, 0.15) is 0 Å². The molecule has 0 heterocycles. The summed E-state index contributed by atoms with van der Waals surface area (Å²) in [4.78, 5) is 10.4. The molecule has 0 bridgehead atoms. The molecule has 0 aromatic heterocycles. The van der Waals surface area contributed by atoms with Gasteiger partial charge in [0, 0.05) is 11.5 Å². The smallest absolute Gasteiger partial charge is 0.311 e. The van der Waals surface area contributed by atoms with Crippen LogP contribution >= 0.6 is 25.3 Å². The topological polar surface area (TPSA) is 37.3 Å². The molecule has 0 saturated heterocycles. The molecule has 0 atom stereocenters. The van der Waals surface area contributed by atoms with Crippen molar-refractivity contribution < 1.29 is 9.90 Å². The maximum Gasteiger partial charge on any atom is 0.311 e. The summed E-state index contributed by atoms with van der Waals surface area (Å²) in [5.74, 6) is -0.190. The number of hydrogen-bond acceptors (Lipinski definition) is 3. The molecule has 0 unspecified atom stereocenters. The van der Waals surface area contributed by atoms with E-state index >= 15 is 0 Å². The summed E-state index contributed by atoms with van der Waals surface area (Å²) in [6.07, 6.45) is 0. The lowest BCUT2D eigenvalue weighted by Crippen LogP contribution is -2.31. The number of carboxylic acid groups (broad SMARTS) is 1. The van der Waals surface area contributed by atoms with E-state index in [1.54, 1.807) is 6.92 Å². The van der Waals surface area contributed by atoms with Gasteiger partial charge in [0.15, 0.2) is 0 Å². The van der Waals surface area contributed by atoms with Gasteiger partial charge in [-0.05, 0) is 6.92 Å². The van der Waals surface area contributed by atoms with Crippen LogP contribution < -0.4 is 0 Å². The highest BCUT2D eigenvalue weighted by molar-refractivity contribution is 7.81. The molecular weight excluding hydrogens is 156 g/mol. The lowest BCUT2D eigenvalue weighted by molar-refractivity contribution is -0.145. The number of carboxylic acids is 1. The fraction of sp³-hybridized carbons (Fsp3) is 0.800. The predicted octanol–water partition coefficient (Wildman–Crippen LogP) is 0.937. The van der Waals surface area contributed by atoms with Gasteiger partial charge in [-0.15, -0.1) is 0 Å². The highest BCUT2D eigenvalue weighted by Gasteiger charge is 2.29. The molecule has 0 saturated carbocycles. The first-order valence-corrected chi connectivity index (χ1v) is 3.78. The van der Waals surface area contributed by atoms with E-state index in [9.17, 15) is 4.79 Å². The summed E-state index contributed by atoms with van der Waals surface area (Å²) in [5.41, 5.74) is -0.772. The van der Waals surface area contributed by atoms with E-state index < -0.39 is 11.4 Å². The number of aliphatic carboxylic acids is 1. The summed E-state index contributed by atoms with van der Waals surface area (Å²) in [6.45, 7) is 1.62. The van der Waals surface area contributed by atoms with E-state index in [4.69, 9.17) is 5.11 Å². The van der Waals surface area contributed by atoms with Gasteiger partial charge in [-0.2, -0.15) is 25.3 Å². The molecule has 54 valence electrons. The second-order valence-corrected chi connectivity index (χ2v) is 2.81. The first kappa shape index (κ1) is 9.17. The van der Waals surface area contributed by atoms with Crippen molar-refractivity contribution in [3.8, 4) is 0 Å². The Labute approximate surface area is 65.5 Å². The first-order chi connectivity index (χ1) is 4.06. The Balaban J connectivity index is 4.09. The third-order valence-corrected chi connectivity index (χ3v) is 2.61. The molecule has 0 aromatic rings. The van der Waals surface area contributed by atoms with Crippen molar-refractivity contribution in [1.29, 1.82) is 0 Å². The molecule has 2 nitrogen and oxygen atoms in total. The van der Waals surface area contributed by atoms with Gasteiger partial charge >= 0.3 is 5.97 Å². The summed E-state index contributed by atoms with van der Waals surface area (Å²) in [6, 6.07) is 0. The minimum atomic E-state index is -0.840. The Morgan fingerprint density at radius 3 is 1.89 bits per heavy atom. The lowest BCUT2D eigenvalue weighted by atomic mass is 9.97. The maximum absolute atomic E-state index is 10.4. The van der Waals surface area contributed by atoms with Crippen molar-refractivity contribution in [3.63, 3.8) is 0 Å². The molecule has 0 aromatic carbocycles. The number of hydrogen-bond donors (Lipinski definition) is 3. The predicted molar refractivity (Wildman–Crippen MR) is 43.4 cm³/mol. The van der Waals surface area contributed by atoms with E-state index in [-0.39, 0.29) is 0 Å². The fourth-order valence-corrected chi connectivity index (χ4v) is 0.856. The van der Waals surface area contributed by atoms with Gasteiger partial charge in [0.2, 0.25) is 0 Å². The summed E-state index contributed by atoms with van der Waals surface area (Å²) < 4.78 is 0. The zero-order chi connectivity index (χ0) is 7.49. The number of thiol groups is 2. The maximum atomic E-state index is 10.4. The fourth-order valence-electron chi connectivity index (χ4n) is 0.185. The Kier molecular flexibility index (Phi) is 3.43. The van der Waals surface area contributed by atoms with Gasteiger partial charge in [-0.1, -0.05) is 0 Å². The van der Waals surface area contributed by atoms with Crippen molar-refractivity contribution in [2.24, 2.45) is 5.41 Å². The molecule has 0 radical (unpaired) electrons. The molecular formula is C5H10O2S2. The van der Waals surface area contributed by atoms with Crippen LogP contribution in [-0.2, 0) is 4.79 Å². The van der Waals surface area contributed by atoms with Gasteiger partial charge in [-0.3, -0.25) is 4.79 Å². The van der Waals surface area contributed by atoms with Crippen molar-refractivity contribution in [2.75, 3.05) is 11.5 Å². The second kappa shape index (κ2) is 3.37. The molecule has 0 amide bonds. The van der Waals surface area contributed by atoms with E-state index in [1.807, 2.05) is 0 Å². The number of rotatable bonds is 3. The zero-order valence-corrected chi connectivity index (χ0v) is 6.95. The molecule has 1 N–H and O–H groups in total. The Bertz CT molecular complexity index is 110. The average Bonchev–Trinajstić information content (AvgIpc) is 1.86. The van der Waals surface area contributed by atoms with Crippen molar-refractivity contribution >= 4 is 31.2 Å². The Morgan fingerprint density at radius 2 is 1.89 bits per heavy atom. The van der Waals surface area contributed by atoms with E-state index in [0.717, 1.165) is 0 Å². The van der Waals surface area contributed by atoms with Gasteiger partial charge < -0.3 is 5.11 Å². The molecule has 0 spiro atoms. The standard InChI is InChI=1S/C5H10O2S2/c1-5(2-8,3-9)4(6)7/h8-9H,2-3H2,1H3,(H,6,7). The largest absolute Gasteiger partial charge is 0.481 e. The molecule has 0 aliphatic heterocycles. The Hall–Kier alpha value is 0.170. The van der Waals surface area contributed by atoms with Crippen LogP contribution in [0.1, 0.15) is 6.92 Å². The minimum Gasteiger partial charge on any atom is -0.481 e. The monoisotopic (exact) mass is 166 g/mol. The van der Waals surface area contributed by atoms with E-state index in [1.165, 1.54) is 0 Å². The van der Waals surface area contributed by atoms with Crippen molar-refractivity contribution in [2.45, 2.75) is 6.92 Å². The van der Waals surface area contributed by atoms with Crippen LogP contribution in [0, 0.1) is 5.41 Å². The zero-order valence-electron chi connectivity index (χ0n) is 5.16. The number of carbonyl (C=O) groups is 1.